The Morgan fingerprint density at radius 1 is 0.973 bits per heavy atom. The highest BCUT2D eigenvalue weighted by atomic mass is 16.5. The summed E-state index contributed by atoms with van der Waals surface area (Å²) in [6, 6.07) is 20.4. The number of methoxy groups -OCH3 is 1. The first kappa shape index (κ1) is 25.9. The molecule has 0 aliphatic carbocycles. The summed E-state index contributed by atoms with van der Waals surface area (Å²) in [5, 5.41) is 2.90. The average molecular weight is 505 g/mol. The zero-order valence-corrected chi connectivity index (χ0v) is 21.4. The van der Waals surface area contributed by atoms with Crippen LogP contribution in [-0.4, -0.2) is 44.8 Å². The summed E-state index contributed by atoms with van der Waals surface area (Å²) < 4.78 is 22.5. The number of carbonyl (C=O) groups is 2. The maximum Gasteiger partial charge on any atom is 0.267 e. The second-order valence-electron chi connectivity index (χ2n) is 8.77. The fourth-order valence-corrected chi connectivity index (χ4v) is 4.00. The summed E-state index contributed by atoms with van der Waals surface area (Å²) in [4.78, 5) is 26.9. The number of hydrogen-bond acceptors (Lipinski definition) is 6. The van der Waals surface area contributed by atoms with Crippen molar-refractivity contribution >= 4 is 23.2 Å². The number of hydrogen-bond donors (Lipinski definition) is 1. The van der Waals surface area contributed by atoms with Crippen molar-refractivity contribution in [3.8, 4) is 23.0 Å². The van der Waals surface area contributed by atoms with Crippen LogP contribution in [0.3, 0.4) is 0 Å². The van der Waals surface area contributed by atoms with Crippen molar-refractivity contribution in [1.29, 1.82) is 0 Å². The summed E-state index contributed by atoms with van der Waals surface area (Å²) in [5.41, 5.74) is 2.37. The molecular weight excluding hydrogens is 472 g/mol. The summed E-state index contributed by atoms with van der Waals surface area (Å²) in [6.45, 7) is 4.87. The molecule has 2 amide bonds. The Balaban J connectivity index is 1.29. The van der Waals surface area contributed by atoms with Crippen molar-refractivity contribution in [1.82, 2.24) is 0 Å². The molecule has 0 saturated carbocycles. The summed E-state index contributed by atoms with van der Waals surface area (Å²) in [7, 11) is 1.61. The molecule has 3 aromatic carbocycles. The maximum absolute atomic E-state index is 12.8. The molecule has 1 atom stereocenters. The lowest BCUT2D eigenvalue weighted by molar-refractivity contribution is -0.125. The second kappa shape index (κ2) is 12.2. The number of rotatable bonds is 11. The zero-order valence-electron chi connectivity index (χ0n) is 21.4. The first-order chi connectivity index (χ1) is 17.9. The molecule has 0 radical (unpaired) electrons. The minimum atomic E-state index is -0.632. The highest BCUT2D eigenvalue weighted by Gasteiger charge is 2.31. The number of carbonyl (C=O) groups excluding carboxylic acids is 2. The van der Waals surface area contributed by atoms with E-state index in [-0.39, 0.29) is 11.8 Å². The molecule has 8 nitrogen and oxygen atoms in total. The van der Waals surface area contributed by atoms with Crippen molar-refractivity contribution in [2.75, 3.05) is 37.1 Å². The highest BCUT2D eigenvalue weighted by Crippen LogP contribution is 2.36. The minimum Gasteiger partial charge on any atom is -0.497 e. The van der Waals surface area contributed by atoms with E-state index < -0.39 is 6.10 Å². The number of anilines is 2. The zero-order chi connectivity index (χ0) is 26.2. The van der Waals surface area contributed by atoms with E-state index in [1.807, 2.05) is 55.5 Å². The van der Waals surface area contributed by atoms with E-state index in [9.17, 15) is 9.59 Å². The third-order valence-corrected chi connectivity index (χ3v) is 5.90. The van der Waals surface area contributed by atoms with Gasteiger partial charge in [0.25, 0.3) is 5.91 Å². The Hall–Kier alpha value is -4.20. The lowest BCUT2D eigenvalue weighted by Crippen LogP contribution is -2.46. The van der Waals surface area contributed by atoms with Crippen LogP contribution in [0.15, 0.2) is 66.7 Å². The predicted octanol–water partition coefficient (Wildman–Crippen LogP) is 4.99. The minimum absolute atomic E-state index is 0.123. The number of ether oxygens (including phenoxy) is 4. The fourth-order valence-electron chi connectivity index (χ4n) is 4.00. The molecule has 37 heavy (non-hydrogen) atoms. The molecule has 4 rings (SSSR count). The van der Waals surface area contributed by atoms with E-state index >= 15 is 0 Å². The SMILES string of the molecule is COc1ccc(OCCCC(=O)Nc2ccc3c(c2)OC(C)C(=O)N3CCOc2cccc(C)c2)cc1. The molecule has 0 saturated heterocycles. The molecule has 3 aromatic rings. The van der Waals surface area contributed by atoms with Crippen LogP contribution in [0.2, 0.25) is 0 Å². The quantitative estimate of drug-likeness (QED) is 0.370. The van der Waals surface area contributed by atoms with Gasteiger partial charge in [-0.1, -0.05) is 12.1 Å². The molecule has 1 heterocycles. The first-order valence-electron chi connectivity index (χ1n) is 12.3. The normalized spacial score (nSPS) is 14.4. The third kappa shape index (κ3) is 6.94. The molecule has 8 heteroatoms. The van der Waals surface area contributed by atoms with Crippen LogP contribution in [0.4, 0.5) is 11.4 Å². The fraction of sp³-hybridized carbons (Fsp3) is 0.310. The van der Waals surface area contributed by atoms with Gasteiger partial charge in [0.05, 0.1) is 25.9 Å². The largest absolute Gasteiger partial charge is 0.497 e. The van der Waals surface area contributed by atoms with Gasteiger partial charge < -0.3 is 29.2 Å². The number of aryl methyl sites for hydroxylation is 1. The molecule has 0 fully saturated rings. The monoisotopic (exact) mass is 504 g/mol. The van der Waals surface area contributed by atoms with Crippen LogP contribution < -0.4 is 29.2 Å². The average Bonchev–Trinajstić information content (AvgIpc) is 2.89. The van der Waals surface area contributed by atoms with Gasteiger partial charge in [0, 0.05) is 18.2 Å². The summed E-state index contributed by atoms with van der Waals surface area (Å²) >= 11 is 0. The van der Waals surface area contributed by atoms with E-state index in [0.717, 1.165) is 22.8 Å². The van der Waals surface area contributed by atoms with E-state index in [1.54, 1.807) is 37.1 Å². The summed E-state index contributed by atoms with van der Waals surface area (Å²) in [6.07, 6.45) is 0.248. The second-order valence-corrected chi connectivity index (χ2v) is 8.77. The van der Waals surface area contributed by atoms with Crippen molar-refractivity contribution in [2.24, 2.45) is 0 Å². The molecule has 0 spiro atoms. The number of benzene rings is 3. The highest BCUT2D eigenvalue weighted by molar-refractivity contribution is 6.00. The van der Waals surface area contributed by atoms with E-state index in [1.165, 1.54) is 0 Å². The van der Waals surface area contributed by atoms with Crippen LogP contribution in [0.25, 0.3) is 0 Å². The topological polar surface area (TPSA) is 86.3 Å². The maximum atomic E-state index is 12.8. The lowest BCUT2D eigenvalue weighted by Gasteiger charge is -2.33. The Labute approximate surface area is 217 Å². The lowest BCUT2D eigenvalue weighted by atomic mass is 10.1. The van der Waals surface area contributed by atoms with Gasteiger partial charge in [-0.15, -0.1) is 0 Å². The smallest absolute Gasteiger partial charge is 0.267 e. The van der Waals surface area contributed by atoms with E-state index in [4.69, 9.17) is 18.9 Å². The van der Waals surface area contributed by atoms with Crippen LogP contribution in [0, 0.1) is 6.92 Å². The number of nitrogens with one attached hydrogen (secondary N) is 1. The van der Waals surface area contributed by atoms with Crippen molar-refractivity contribution < 1.29 is 28.5 Å². The standard InChI is InChI=1S/C29H32N2O6/c1-20-6-4-7-25(18-20)36-17-15-31-26-14-9-22(19-27(26)37-21(2)29(31)33)30-28(32)8-5-16-35-24-12-10-23(34-3)11-13-24/h4,6-7,9-14,18-19,21H,5,8,15-17H2,1-3H3,(H,30,32). The van der Waals surface area contributed by atoms with Gasteiger partial charge in [-0.3, -0.25) is 9.59 Å². The first-order valence-corrected chi connectivity index (χ1v) is 12.3. The number of amides is 2. The number of fused-ring (bicyclic) bond motifs is 1. The molecule has 1 aliphatic heterocycles. The molecule has 0 bridgehead atoms. The van der Waals surface area contributed by atoms with Gasteiger partial charge in [0.15, 0.2) is 6.10 Å². The Morgan fingerprint density at radius 3 is 2.49 bits per heavy atom. The molecule has 194 valence electrons. The van der Waals surface area contributed by atoms with E-state index in [2.05, 4.69) is 5.32 Å². The number of nitrogens with zero attached hydrogens (tertiary/aromatic N) is 1. The Bertz CT molecular complexity index is 1230. The third-order valence-electron chi connectivity index (χ3n) is 5.90. The van der Waals surface area contributed by atoms with Crippen LogP contribution in [-0.2, 0) is 9.59 Å². The van der Waals surface area contributed by atoms with Crippen molar-refractivity contribution in [3.05, 3.63) is 72.3 Å². The van der Waals surface area contributed by atoms with Gasteiger partial charge in [0.2, 0.25) is 5.91 Å². The molecule has 1 N–H and O–H groups in total. The van der Waals surface area contributed by atoms with Crippen molar-refractivity contribution in [3.63, 3.8) is 0 Å². The molecule has 1 aliphatic rings. The summed E-state index contributed by atoms with van der Waals surface area (Å²) in [5.74, 6) is 2.55. The molecular formula is C29H32N2O6. The van der Waals surface area contributed by atoms with Crippen LogP contribution in [0.1, 0.15) is 25.3 Å². The molecule has 0 aromatic heterocycles. The van der Waals surface area contributed by atoms with Gasteiger partial charge in [-0.25, -0.2) is 0 Å². The Kier molecular flexibility index (Phi) is 8.51. The molecule has 1 unspecified atom stereocenters. The van der Waals surface area contributed by atoms with Crippen LogP contribution >= 0.6 is 0 Å². The van der Waals surface area contributed by atoms with E-state index in [0.29, 0.717) is 49.7 Å². The van der Waals surface area contributed by atoms with Gasteiger partial charge in [0.1, 0.15) is 29.6 Å². The van der Waals surface area contributed by atoms with Gasteiger partial charge in [-0.2, -0.15) is 0 Å². The predicted molar refractivity (Wildman–Crippen MR) is 142 cm³/mol. The van der Waals surface area contributed by atoms with Crippen LogP contribution in [0.5, 0.6) is 23.0 Å². The van der Waals surface area contributed by atoms with Crippen molar-refractivity contribution in [2.45, 2.75) is 32.8 Å². The van der Waals surface area contributed by atoms with Gasteiger partial charge in [-0.05, 0) is 74.4 Å². The van der Waals surface area contributed by atoms with Gasteiger partial charge >= 0.3 is 0 Å². The Morgan fingerprint density at radius 2 is 1.73 bits per heavy atom.